The number of amides is 1. The zero-order chi connectivity index (χ0) is 18.0. The molecule has 0 unspecified atom stereocenters. The Morgan fingerprint density at radius 3 is 2.60 bits per heavy atom. The van der Waals surface area contributed by atoms with Crippen molar-refractivity contribution >= 4 is 28.4 Å². The predicted octanol–water partition coefficient (Wildman–Crippen LogP) is 3.22. The van der Waals surface area contributed by atoms with E-state index >= 15 is 0 Å². The van der Waals surface area contributed by atoms with E-state index in [-0.39, 0.29) is 12.5 Å². The number of fused-ring (bicyclic) bond motifs is 1. The maximum Gasteiger partial charge on any atom is 0.244 e. The molecule has 0 spiro atoms. The van der Waals surface area contributed by atoms with E-state index in [0.29, 0.717) is 11.3 Å². The fourth-order valence-electron chi connectivity index (χ4n) is 3.00. The summed E-state index contributed by atoms with van der Waals surface area (Å²) in [5, 5.41) is 2.93. The number of nitrogens with two attached hydrogens (primary N) is 1. The number of nitrogens with zero attached hydrogens (tertiary/aromatic N) is 3. The summed E-state index contributed by atoms with van der Waals surface area (Å²) in [5.74, 6) is 1.19. The zero-order valence-electron chi connectivity index (χ0n) is 14.8. The van der Waals surface area contributed by atoms with Gasteiger partial charge in [-0.1, -0.05) is 25.1 Å². The van der Waals surface area contributed by atoms with Gasteiger partial charge in [0.15, 0.2) is 5.82 Å². The van der Waals surface area contributed by atoms with Crippen molar-refractivity contribution in [1.29, 1.82) is 0 Å². The Labute approximate surface area is 147 Å². The second-order valence-electron chi connectivity index (χ2n) is 6.18. The average Bonchev–Trinajstić information content (AvgIpc) is 2.93. The summed E-state index contributed by atoms with van der Waals surface area (Å²) in [6.07, 6.45) is 1.72. The minimum atomic E-state index is -0.0877. The van der Waals surface area contributed by atoms with Gasteiger partial charge in [0.1, 0.15) is 17.9 Å². The number of hydrogen-bond acceptors (Lipinski definition) is 4. The van der Waals surface area contributed by atoms with Crippen molar-refractivity contribution in [2.75, 3.05) is 11.1 Å². The van der Waals surface area contributed by atoms with Gasteiger partial charge >= 0.3 is 0 Å². The molecule has 0 bridgehead atoms. The van der Waals surface area contributed by atoms with Crippen LogP contribution in [0.1, 0.15) is 30.4 Å². The highest BCUT2D eigenvalue weighted by atomic mass is 16.1. The van der Waals surface area contributed by atoms with Crippen LogP contribution in [0.5, 0.6) is 0 Å². The lowest BCUT2D eigenvalue weighted by Crippen LogP contribution is -2.20. The molecule has 3 rings (SSSR count). The number of rotatable bonds is 5. The van der Waals surface area contributed by atoms with Crippen LogP contribution in [0.4, 0.5) is 11.5 Å². The molecule has 0 saturated heterocycles. The minimum Gasteiger partial charge on any atom is -0.382 e. The number of carbonyl (C=O) groups is 1. The summed E-state index contributed by atoms with van der Waals surface area (Å²) in [7, 11) is 0. The molecule has 0 aliphatic heterocycles. The number of pyridine rings is 1. The van der Waals surface area contributed by atoms with Gasteiger partial charge in [-0.2, -0.15) is 0 Å². The molecule has 0 atom stereocenters. The van der Waals surface area contributed by atoms with Gasteiger partial charge in [-0.15, -0.1) is 0 Å². The molecule has 6 heteroatoms. The quantitative estimate of drug-likeness (QED) is 0.748. The molecule has 0 fully saturated rings. The van der Waals surface area contributed by atoms with Crippen molar-refractivity contribution < 1.29 is 4.79 Å². The van der Waals surface area contributed by atoms with E-state index in [1.54, 1.807) is 0 Å². The predicted molar refractivity (Wildman–Crippen MR) is 100 cm³/mol. The number of aryl methyl sites for hydroxylation is 3. The van der Waals surface area contributed by atoms with Gasteiger partial charge in [-0.3, -0.25) is 4.79 Å². The standard InChI is InChI=1S/C19H23N5O/c1-4-8-15-23-17-18(12(2)13(3)21-19(17)20)24(15)11-16(25)22-14-9-6-5-7-10-14/h5-7,9-10H,4,8,11H2,1-3H3,(H2,20,21)(H,22,25). The second kappa shape index (κ2) is 6.93. The zero-order valence-corrected chi connectivity index (χ0v) is 14.8. The third-order valence-corrected chi connectivity index (χ3v) is 4.31. The highest BCUT2D eigenvalue weighted by molar-refractivity contribution is 5.93. The Hall–Kier alpha value is -2.89. The van der Waals surface area contributed by atoms with Crippen LogP contribution in [0.25, 0.3) is 11.0 Å². The van der Waals surface area contributed by atoms with Crippen LogP contribution >= 0.6 is 0 Å². The van der Waals surface area contributed by atoms with E-state index in [1.807, 2.05) is 48.7 Å². The summed E-state index contributed by atoms with van der Waals surface area (Å²) in [6.45, 7) is 6.21. The molecule has 130 valence electrons. The lowest BCUT2D eigenvalue weighted by molar-refractivity contribution is -0.116. The molecule has 25 heavy (non-hydrogen) atoms. The van der Waals surface area contributed by atoms with Gasteiger partial charge in [-0.05, 0) is 38.0 Å². The van der Waals surface area contributed by atoms with Crippen molar-refractivity contribution in [1.82, 2.24) is 14.5 Å². The fraction of sp³-hybridized carbons (Fsp3) is 0.316. The molecular formula is C19H23N5O. The summed E-state index contributed by atoms with van der Waals surface area (Å²) in [4.78, 5) is 21.6. The molecule has 3 aromatic rings. The first-order chi connectivity index (χ1) is 12.0. The van der Waals surface area contributed by atoms with Crippen LogP contribution in [0.3, 0.4) is 0 Å². The SMILES string of the molecule is CCCc1nc2c(N)nc(C)c(C)c2n1CC(=O)Nc1ccccc1. The summed E-state index contributed by atoms with van der Waals surface area (Å²) in [5.41, 5.74) is 10.3. The molecule has 1 amide bonds. The maximum absolute atomic E-state index is 12.6. The van der Waals surface area contributed by atoms with E-state index in [2.05, 4.69) is 22.2 Å². The monoisotopic (exact) mass is 337 g/mol. The summed E-state index contributed by atoms with van der Waals surface area (Å²) >= 11 is 0. The number of para-hydroxylation sites is 1. The number of imidazole rings is 1. The smallest absolute Gasteiger partial charge is 0.244 e. The number of nitrogen functional groups attached to an aromatic ring is 1. The lowest BCUT2D eigenvalue weighted by atomic mass is 10.2. The van der Waals surface area contributed by atoms with Gasteiger partial charge in [0, 0.05) is 17.8 Å². The Kier molecular flexibility index (Phi) is 4.70. The molecule has 2 heterocycles. The average molecular weight is 337 g/mol. The van der Waals surface area contributed by atoms with Crippen molar-refractivity contribution in [2.24, 2.45) is 0 Å². The molecule has 1 aromatic carbocycles. The Balaban J connectivity index is 2.01. The van der Waals surface area contributed by atoms with Crippen LogP contribution in [0.2, 0.25) is 0 Å². The lowest BCUT2D eigenvalue weighted by Gasteiger charge is -2.12. The third-order valence-electron chi connectivity index (χ3n) is 4.31. The van der Waals surface area contributed by atoms with E-state index in [0.717, 1.165) is 41.1 Å². The Bertz CT molecular complexity index is 915. The highest BCUT2D eigenvalue weighted by Gasteiger charge is 2.19. The topological polar surface area (TPSA) is 85.8 Å². The van der Waals surface area contributed by atoms with E-state index in [9.17, 15) is 4.79 Å². The van der Waals surface area contributed by atoms with Crippen LogP contribution in [0.15, 0.2) is 30.3 Å². The normalized spacial score (nSPS) is 11.0. The third kappa shape index (κ3) is 3.33. The number of nitrogens with one attached hydrogen (secondary N) is 1. The Morgan fingerprint density at radius 1 is 1.20 bits per heavy atom. The first kappa shape index (κ1) is 17.0. The molecule has 2 aromatic heterocycles. The number of carbonyl (C=O) groups excluding carboxylic acids is 1. The number of aromatic nitrogens is 3. The molecule has 6 nitrogen and oxygen atoms in total. The fourth-order valence-corrected chi connectivity index (χ4v) is 3.00. The van der Waals surface area contributed by atoms with Crippen molar-refractivity contribution in [3.8, 4) is 0 Å². The van der Waals surface area contributed by atoms with Gasteiger partial charge in [0.25, 0.3) is 0 Å². The van der Waals surface area contributed by atoms with Crippen LogP contribution in [-0.2, 0) is 17.8 Å². The molecule has 0 aliphatic rings. The second-order valence-corrected chi connectivity index (χ2v) is 6.18. The van der Waals surface area contributed by atoms with Gasteiger partial charge in [-0.25, -0.2) is 9.97 Å². The van der Waals surface area contributed by atoms with Gasteiger partial charge in [0.05, 0.1) is 5.52 Å². The van der Waals surface area contributed by atoms with E-state index in [1.165, 1.54) is 0 Å². The number of anilines is 2. The van der Waals surface area contributed by atoms with Crippen molar-refractivity contribution in [2.45, 2.75) is 40.2 Å². The van der Waals surface area contributed by atoms with Crippen molar-refractivity contribution in [3.63, 3.8) is 0 Å². The van der Waals surface area contributed by atoms with Crippen LogP contribution < -0.4 is 11.1 Å². The molecular weight excluding hydrogens is 314 g/mol. The first-order valence-electron chi connectivity index (χ1n) is 8.48. The largest absolute Gasteiger partial charge is 0.382 e. The Morgan fingerprint density at radius 2 is 1.92 bits per heavy atom. The highest BCUT2D eigenvalue weighted by Crippen LogP contribution is 2.26. The summed E-state index contributed by atoms with van der Waals surface area (Å²) < 4.78 is 1.97. The first-order valence-corrected chi connectivity index (χ1v) is 8.48. The van der Waals surface area contributed by atoms with E-state index < -0.39 is 0 Å². The van der Waals surface area contributed by atoms with Gasteiger partial charge < -0.3 is 15.6 Å². The molecule has 3 N–H and O–H groups in total. The van der Waals surface area contributed by atoms with Crippen molar-refractivity contribution in [3.05, 3.63) is 47.4 Å². The number of benzene rings is 1. The number of hydrogen-bond donors (Lipinski definition) is 2. The molecule has 0 saturated carbocycles. The molecule has 0 radical (unpaired) electrons. The minimum absolute atomic E-state index is 0.0877. The van der Waals surface area contributed by atoms with E-state index in [4.69, 9.17) is 5.73 Å². The van der Waals surface area contributed by atoms with Gasteiger partial charge in [0.2, 0.25) is 5.91 Å². The summed E-state index contributed by atoms with van der Waals surface area (Å²) in [6, 6.07) is 9.44. The van der Waals surface area contributed by atoms with Crippen LogP contribution in [0, 0.1) is 13.8 Å². The maximum atomic E-state index is 12.6. The molecule has 0 aliphatic carbocycles. The van der Waals surface area contributed by atoms with Crippen LogP contribution in [-0.4, -0.2) is 20.4 Å².